The molecule has 0 unspecified atom stereocenters. The van der Waals surface area contributed by atoms with E-state index >= 15 is 0 Å². The Labute approximate surface area is 135 Å². The van der Waals surface area contributed by atoms with E-state index in [0.29, 0.717) is 6.29 Å². The zero-order valence-electron chi connectivity index (χ0n) is 13.4. The van der Waals surface area contributed by atoms with E-state index in [-0.39, 0.29) is 29.0 Å². The minimum atomic E-state index is -0.551. The first-order valence-electron chi connectivity index (χ1n) is 7.27. The average Bonchev–Trinajstić information content (AvgIpc) is 2.52. The highest BCUT2D eigenvalue weighted by Gasteiger charge is 2.16. The Morgan fingerprint density at radius 3 is 2.30 bits per heavy atom. The lowest BCUT2D eigenvalue weighted by Crippen LogP contribution is -2.10. The molecule has 0 atom stereocenters. The zero-order chi connectivity index (χ0) is 17.0. The van der Waals surface area contributed by atoms with E-state index in [0.717, 1.165) is 5.56 Å². The molecular weight excluding hydrogens is 294 g/mol. The van der Waals surface area contributed by atoms with Gasteiger partial charge in [0.15, 0.2) is 5.75 Å². The number of nitro groups is 1. The second kappa shape index (κ2) is 6.60. The van der Waals surface area contributed by atoms with Gasteiger partial charge in [-0.2, -0.15) is 0 Å². The van der Waals surface area contributed by atoms with Crippen LogP contribution in [-0.2, 0) is 12.0 Å². The van der Waals surface area contributed by atoms with Crippen LogP contribution in [0.5, 0.6) is 5.75 Å². The van der Waals surface area contributed by atoms with Gasteiger partial charge in [0.1, 0.15) is 12.9 Å². The molecule has 0 aliphatic carbocycles. The van der Waals surface area contributed by atoms with Crippen molar-refractivity contribution in [3.63, 3.8) is 0 Å². The Morgan fingerprint density at radius 1 is 1.13 bits per heavy atom. The second-order valence-corrected chi connectivity index (χ2v) is 6.34. The SMILES string of the molecule is CC(C)(C)c1ccc(COc2ccc(C=O)cc2[N+](=O)[O-])cc1. The van der Waals surface area contributed by atoms with Crippen molar-refractivity contribution in [3.05, 3.63) is 69.3 Å². The zero-order valence-corrected chi connectivity index (χ0v) is 13.4. The van der Waals surface area contributed by atoms with Crippen LogP contribution in [0.25, 0.3) is 0 Å². The summed E-state index contributed by atoms with van der Waals surface area (Å²) in [6.45, 7) is 6.63. The first kappa shape index (κ1) is 16.7. The molecule has 2 aromatic carbocycles. The van der Waals surface area contributed by atoms with Crippen molar-refractivity contribution >= 4 is 12.0 Å². The second-order valence-electron chi connectivity index (χ2n) is 6.34. The van der Waals surface area contributed by atoms with Crippen molar-refractivity contribution < 1.29 is 14.5 Å². The minimum Gasteiger partial charge on any atom is -0.482 e. The molecule has 0 heterocycles. The molecule has 0 bridgehead atoms. The molecule has 120 valence electrons. The van der Waals surface area contributed by atoms with Gasteiger partial charge < -0.3 is 4.74 Å². The summed E-state index contributed by atoms with van der Waals surface area (Å²) in [5, 5.41) is 11.1. The Bertz CT molecular complexity index is 715. The topological polar surface area (TPSA) is 69.4 Å². The van der Waals surface area contributed by atoms with Gasteiger partial charge >= 0.3 is 5.69 Å². The highest BCUT2D eigenvalue weighted by molar-refractivity contribution is 5.77. The van der Waals surface area contributed by atoms with Gasteiger partial charge in [-0.3, -0.25) is 14.9 Å². The largest absolute Gasteiger partial charge is 0.482 e. The van der Waals surface area contributed by atoms with Gasteiger partial charge in [-0.25, -0.2) is 0 Å². The normalized spacial score (nSPS) is 11.1. The molecule has 2 rings (SSSR count). The number of ether oxygens (including phenoxy) is 1. The van der Waals surface area contributed by atoms with Crippen molar-refractivity contribution in [1.29, 1.82) is 0 Å². The Balaban J connectivity index is 2.15. The summed E-state index contributed by atoms with van der Waals surface area (Å²) in [6.07, 6.45) is 0.571. The fraction of sp³-hybridized carbons (Fsp3) is 0.278. The first-order chi connectivity index (χ1) is 10.8. The molecule has 5 heteroatoms. The van der Waals surface area contributed by atoms with Crippen molar-refractivity contribution in [2.75, 3.05) is 0 Å². The van der Waals surface area contributed by atoms with E-state index in [1.807, 2.05) is 24.3 Å². The highest BCUT2D eigenvalue weighted by atomic mass is 16.6. The number of carbonyl (C=O) groups excluding carboxylic acids is 1. The van der Waals surface area contributed by atoms with Crippen LogP contribution in [0.15, 0.2) is 42.5 Å². The molecule has 0 aromatic heterocycles. The highest BCUT2D eigenvalue weighted by Crippen LogP contribution is 2.28. The molecule has 0 spiro atoms. The summed E-state index contributed by atoms with van der Waals surface area (Å²) in [5.74, 6) is 0.153. The molecule has 0 saturated carbocycles. The number of benzene rings is 2. The van der Waals surface area contributed by atoms with Gasteiger partial charge in [-0.05, 0) is 28.7 Å². The third-order valence-corrected chi connectivity index (χ3v) is 3.53. The van der Waals surface area contributed by atoms with Crippen LogP contribution < -0.4 is 4.74 Å². The lowest BCUT2D eigenvalue weighted by atomic mass is 9.87. The fourth-order valence-corrected chi connectivity index (χ4v) is 2.13. The Hall–Kier alpha value is -2.69. The molecule has 2 aromatic rings. The standard InChI is InChI=1S/C18H19NO4/c1-18(2,3)15-7-4-13(5-8-15)12-23-17-9-6-14(11-20)10-16(17)19(21)22/h4-11H,12H2,1-3H3. The molecular formula is C18H19NO4. The van der Waals surface area contributed by atoms with Crippen molar-refractivity contribution in [3.8, 4) is 5.75 Å². The van der Waals surface area contributed by atoms with Crippen LogP contribution in [-0.4, -0.2) is 11.2 Å². The van der Waals surface area contributed by atoms with Gasteiger partial charge in [0.05, 0.1) is 4.92 Å². The van der Waals surface area contributed by atoms with Gasteiger partial charge in [0.25, 0.3) is 0 Å². The molecule has 0 fully saturated rings. The Morgan fingerprint density at radius 2 is 1.78 bits per heavy atom. The fourth-order valence-electron chi connectivity index (χ4n) is 2.13. The lowest BCUT2D eigenvalue weighted by Gasteiger charge is -2.19. The molecule has 5 nitrogen and oxygen atoms in total. The molecule has 0 saturated heterocycles. The number of hydrogen-bond acceptors (Lipinski definition) is 4. The van der Waals surface area contributed by atoms with Crippen LogP contribution in [0.3, 0.4) is 0 Å². The number of carbonyl (C=O) groups is 1. The number of nitrogens with zero attached hydrogens (tertiary/aromatic N) is 1. The maximum absolute atomic E-state index is 11.1. The molecule has 23 heavy (non-hydrogen) atoms. The van der Waals surface area contributed by atoms with E-state index in [4.69, 9.17) is 4.74 Å². The predicted molar refractivity (Wildman–Crippen MR) is 88.0 cm³/mol. The van der Waals surface area contributed by atoms with Crippen LogP contribution >= 0.6 is 0 Å². The summed E-state index contributed by atoms with van der Waals surface area (Å²) in [6, 6.07) is 12.1. The monoisotopic (exact) mass is 313 g/mol. The molecule has 0 amide bonds. The van der Waals surface area contributed by atoms with Crippen molar-refractivity contribution in [1.82, 2.24) is 0 Å². The van der Waals surface area contributed by atoms with E-state index < -0.39 is 4.92 Å². The van der Waals surface area contributed by atoms with Crippen LogP contribution in [0.1, 0.15) is 42.3 Å². The molecule has 0 aliphatic heterocycles. The number of rotatable bonds is 5. The van der Waals surface area contributed by atoms with E-state index in [1.54, 1.807) is 0 Å². The molecule has 0 radical (unpaired) electrons. The van der Waals surface area contributed by atoms with Gasteiger partial charge in [-0.15, -0.1) is 0 Å². The third-order valence-electron chi connectivity index (χ3n) is 3.53. The van der Waals surface area contributed by atoms with Crippen LogP contribution in [0.2, 0.25) is 0 Å². The van der Waals surface area contributed by atoms with Crippen molar-refractivity contribution in [2.24, 2.45) is 0 Å². The van der Waals surface area contributed by atoms with E-state index in [2.05, 4.69) is 20.8 Å². The van der Waals surface area contributed by atoms with E-state index in [9.17, 15) is 14.9 Å². The molecule has 0 aliphatic rings. The average molecular weight is 313 g/mol. The van der Waals surface area contributed by atoms with Crippen molar-refractivity contribution in [2.45, 2.75) is 32.8 Å². The first-order valence-corrected chi connectivity index (χ1v) is 7.27. The number of hydrogen-bond donors (Lipinski definition) is 0. The maximum atomic E-state index is 11.1. The number of aldehydes is 1. The van der Waals surface area contributed by atoms with Gasteiger partial charge in [-0.1, -0.05) is 45.0 Å². The summed E-state index contributed by atoms with van der Waals surface area (Å²) < 4.78 is 5.55. The van der Waals surface area contributed by atoms with Crippen LogP contribution in [0, 0.1) is 10.1 Å². The summed E-state index contributed by atoms with van der Waals surface area (Å²) in [7, 11) is 0. The lowest BCUT2D eigenvalue weighted by molar-refractivity contribution is -0.386. The maximum Gasteiger partial charge on any atom is 0.311 e. The summed E-state index contributed by atoms with van der Waals surface area (Å²) in [5.41, 5.74) is 2.25. The quantitative estimate of drug-likeness (QED) is 0.469. The third kappa shape index (κ3) is 4.16. The number of nitro benzene ring substituents is 1. The van der Waals surface area contributed by atoms with Crippen LogP contribution in [0.4, 0.5) is 5.69 Å². The molecule has 0 N–H and O–H groups in total. The predicted octanol–water partition coefficient (Wildman–Crippen LogP) is 4.28. The smallest absolute Gasteiger partial charge is 0.311 e. The van der Waals surface area contributed by atoms with Gasteiger partial charge in [0, 0.05) is 11.6 Å². The minimum absolute atomic E-state index is 0.0723. The Kier molecular flexibility index (Phi) is 4.79. The van der Waals surface area contributed by atoms with Gasteiger partial charge in [0.2, 0.25) is 0 Å². The summed E-state index contributed by atoms with van der Waals surface area (Å²) >= 11 is 0. The van der Waals surface area contributed by atoms with E-state index in [1.165, 1.54) is 23.8 Å². The summed E-state index contributed by atoms with van der Waals surface area (Å²) in [4.78, 5) is 21.2.